The molecule has 3 rings (SSSR count). The van der Waals surface area contributed by atoms with Crippen LogP contribution >= 0.6 is 46.6 Å². The predicted molar refractivity (Wildman–Crippen MR) is 106 cm³/mol. The third-order valence-electron chi connectivity index (χ3n) is 3.65. The Bertz CT molecular complexity index is 1010. The van der Waals surface area contributed by atoms with Crippen LogP contribution in [-0.2, 0) is 11.3 Å². The number of amides is 2. The van der Waals surface area contributed by atoms with Crippen molar-refractivity contribution in [3.05, 3.63) is 77.6 Å². The average molecular weight is 444 g/mol. The maximum Gasteiger partial charge on any atom is 0.293 e. The van der Waals surface area contributed by atoms with Gasteiger partial charge in [0, 0.05) is 21.7 Å². The first-order valence-corrected chi connectivity index (χ1v) is 9.34. The first kappa shape index (κ1) is 19.7. The Labute approximate surface area is 172 Å². The molecule has 0 aromatic heterocycles. The van der Waals surface area contributed by atoms with E-state index < -0.39 is 16.1 Å². The van der Waals surface area contributed by atoms with Gasteiger partial charge in [0.05, 0.1) is 16.4 Å². The molecule has 0 bridgehead atoms. The third-order valence-corrected chi connectivity index (χ3v) is 5.43. The number of carbonyl (C=O) groups is 2. The van der Waals surface area contributed by atoms with E-state index >= 15 is 0 Å². The number of nitro benzene ring substituents is 1. The van der Waals surface area contributed by atoms with Crippen molar-refractivity contribution in [2.45, 2.75) is 6.54 Å². The van der Waals surface area contributed by atoms with Gasteiger partial charge in [-0.25, -0.2) is 0 Å². The number of imide groups is 1. The maximum absolute atomic E-state index is 12.6. The highest BCUT2D eigenvalue weighted by molar-refractivity contribution is 8.18. The van der Waals surface area contributed by atoms with Crippen LogP contribution in [0.1, 0.15) is 11.1 Å². The SMILES string of the molecule is O=C1S/C(=C\c2cc([N+](=O)[O-])c(Cl)cc2Cl)C(=O)N1Cc1cccc(Cl)c1. The summed E-state index contributed by atoms with van der Waals surface area (Å²) in [4.78, 5) is 36.4. The van der Waals surface area contributed by atoms with Gasteiger partial charge < -0.3 is 0 Å². The van der Waals surface area contributed by atoms with Gasteiger partial charge in [-0.15, -0.1) is 0 Å². The van der Waals surface area contributed by atoms with Crippen molar-refractivity contribution in [3.8, 4) is 0 Å². The molecular weight excluding hydrogens is 435 g/mol. The van der Waals surface area contributed by atoms with E-state index in [0.29, 0.717) is 10.6 Å². The lowest BCUT2D eigenvalue weighted by atomic mass is 10.1. The molecule has 10 heteroatoms. The van der Waals surface area contributed by atoms with Crippen molar-refractivity contribution in [2.75, 3.05) is 0 Å². The molecule has 0 unspecified atom stereocenters. The number of carbonyl (C=O) groups excluding carboxylic acids is 2. The fourth-order valence-corrected chi connectivity index (χ4v) is 3.95. The average Bonchev–Trinajstić information content (AvgIpc) is 2.84. The molecule has 27 heavy (non-hydrogen) atoms. The topological polar surface area (TPSA) is 80.5 Å². The lowest BCUT2D eigenvalue weighted by Crippen LogP contribution is -2.27. The van der Waals surface area contributed by atoms with Crippen LogP contribution in [0, 0.1) is 10.1 Å². The van der Waals surface area contributed by atoms with Gasteiger partial charge in [-0.05, 0) is 41.6 Å². The van der Waals surface area contributed by atoms with Crippen LogP contribution in [0.25, 0.3) is 6.08 Å². The molecule has 0 spiro atoms. The molecule has 2 aromatic rings. The monoisotopic (exact) mass is 442 g/mol. The second-order valence-electron chi connectivity index (χ2n) is 5.48. The quantitative estimate of drug-likeness (QED) is 0.339. The zero-order valence-corrected chi connectivity index (χ0v) is 16.4. The van der Waals surface area contributed by atoms with Gasteiger partial charge in [0.15, 0.2) is 0 Å². The molecule has 0 aliphatic carbocycles. The Kier molecular flexibility index (Phi) is 5.76. The Morgan fingerprint density at radius 2 is 1.85 bits per heavy atom. The molecule has 1 saturated heterocycles. The van der Waals surface area contributed by atoms with Crippen molar-refractivity contribution in [3.63, 3.8) is 0 Å². The van der Waals surface area contributed by atoms with E-state index in [1.807, 2.05) is 0 Å². The summed E-state index contributed by atoms with van der Waals surface area (Å²) in [6.07, 6.45) is 1.34. The maximum atomic E-state index is 12.6. The summed E-state index contributed by atoms with van der Waals surface area (Å²) in [6, 6.07) is 9.21. The molecule has 1 aliphatic heterocycles. The Morgan fingerprint density at radius 3 is 2.52 bits per heavy atom. The number of nitrogens with zero attached hydrogens (tertiary/aromatic N) is 2. The summed E-state index contributed by atoms with van der Waals surface area (Å²) in [5, 5.41) is 11.1. The van der Waals surface area contributed by atoms with E-state index in [4.69, 9.17) is 34.8 Å². The zero-order chi connectivity index (χ0) is 19.7. The molecule has 2 aromatic carbocycles. The van der Waals surface area contributed by atoms with Crippen LogP contribution in [0.2, 0.25) is 15.1 Å². The highest BCUT2D eigenvalue weighted by Crippen LogP contribution is 2.37. The van der Waals surface area contributed by atoms with Crippen LogP contribution < -0.4 is 0 Å². The lowest BCUT2D eigenvalue weighted by molar-refractivity contribution is -0.384. The van der Waals surface area contributed by atoms with Gasteiger partial charge in [-0.3, -0.25) is 24.6 Å². The zero-order valence-electron chi connectivity index (χ0n) is 13.3. The number of thioether (sulfide) groups is 1. The van der Waals surface area contributed by atoms with Crippen molar-refractivity contribution >= 4 is 69.5 Å². The highest BCUT2D eigenvalue weighted by Gasteiger charge is 2.35. The van der Waals surface area contributed by atoms with Crippen molar-refractivity contribution in [1.82, 2.24) is 4.90 Å². The molecule has 1 fully saturated rings. The smallest absolute Gasteiger partial charge is 0.268 e. The molecule has 2 amide bonds. The lowest BCUT2D eigenvalue weighted by Gasteiger charge is -2.12. The summed E-state index contributed by atoms with van der Waals surface area (Å²) in [5.74, 6) is -0.515. The van der Waals surface area contributed by atoms with E-state index in [0.717, 1.165) is 22.7 Å². The molecule has 0 N–H and O–H groups in total. The molecular formula is C17H9Cl3N2O4S. The van der Waals surface area contributed by atoms with E-state index in [-0.39, 0.29) is 32.7 Å². The van der Waals surface area contributed by atoms with E-state index in [1.165, 1.54) is 12.1 Å². The first-order chi connectivity index (χ1) is 12.8. The molecule has 0 radical (unpaired) electrons. The highest BCUT2D eigenvalue weighted by atomic mass is 35.5. The third kappa shape index (κ3) is 4.27. The minimum atomic E-state index is -0.652. The number of hydrogen-bond donors (Lipinski definition) is 0. The Hall–Kier alpha value is -2.06. The van der Waals surface area contributed by atoms with Gasteiger partial charge in [-0.1, -0.05) is 46.9 Å². The first-order valence-electron chi connectivity index (χ1n) is 7.39. The summed E-state index contributed by atoms with van der Waals surface area (Å²) >= 11 is 18.5. The number of nitro groups is 1. The number of hydrogen-bond acceptors (Lipinski definition) is 5. The van der Waals surface area contributed by atoms with Crippen LogP contribution in [0.5, 0.6) is 0 Å². The number of rotatable bonds is 4. The molecule has 1 heterocycles. The second-order valence-corrected chi connectivity index (χ2v) is 7.72. The Morgan fingerprint density at radius 1 is 1.11 bits per heavy atom. The standard InChI is InChI=1S/C17H9Cl3N2O4S/c18-11-3-1-2-9(4-11)8-21-16(23)15(27-17(21)24)6-10-5-14(22(25)26)13(20)7-12(10)19/h1-7H,8H2/b15-6-. The largest absolute Gasteiger partial charge is 0.293 e. The van der Waals surface area contributed by atoms with Crippen LogP contribution in [0.3, 0.4) is 0 Å². The van der Waals surface area contributed by atoms with Gasteiger partial charge in [0.25, 0.3) is 16.8 Å². The summed E-state index contributed by atoms with van der Waals surface area (Å²) < 4.78 is 0. The Balaban J connectivity index is 1.90. The van der Waals surface area contributed by atoms with Gasteiger partial charge >= 0.3 is 0 Å². The van der Waals surface area contributed by atoms with Crippen LogP contribution in [-0.4, -0.2) is 21.0 Å². The second kappa shape index (κ2) is 7.90. The fraction of sp³-hybridized carbons (Fsp3) is 0.0588. The van der Waals surface area contributed by atoms with Crippen molar-refractivity contribution < 1.29 is 14.5 Å². The number of benzene rings is 2. The molecule has 1 aliphatic rings. The van der Waals surface area contributed by atoms with E-state index in [1.54, 1.807) is 24.3 Å². The van der Waals surface area contributed by atoms with Crippen LogP contribution in [0.15, 0.2) is 41.3 Å². The molecule has 0 saturated carbocycles. The van der Waals surface area contributed by atoms with Crippen molar-refractivity contribution in [1.29, 1.82) is 0 Å². The van der Waals surface area contributed by atoms with Gasteiger partial charge in [-0.2, -0.15) is 0 Å². The van der Waals surface area contributed by atoms with E-state index in [9.17, 15) is 19.7 Å². The summed E-state index contributed by atoms with van der Waals surface area (Å²) in [7, 11) is 0. The molecule has 6 nitrogen and oxygen atoms in total. The summed E-state index contributed by atoms with van der Waals surface area (Å²) in [6.45, 7) is 0.0665. The molecule has 138 valence electrons. The normalized spacial score (nSPS) is 15.7. The minimum Gasteiger partial charge on any atom is -0.268 e. The fourth-order valence-electron chi connectivity index (χ4n) is 2.40. The minimum absolute atomic E-state index is 0.0665. The molecule has 0 atom stereocenters. The van der Waals surface area contributed by atoms with Crippen molar-refractivity contribution in [2.24, 2.45) is 0 Å². The van der Waals surface area contributed by atoms with Crippen LogP contribution in [0.4, 0.5) is 10.5 Å². The van der Waals surface area contributed by atoms with E-state index in [2.05, 4.69) is 0 Å². The predicted octanol–water partition coefficient (Wildman–Crippen LogP) is 5.79. The summed E-state index contributed by atoms with van der Waals surface area (Å²) in [5.41, 5.74) is 0.581. The van der Waals surface area contributed by atoms with Gasteiger partial charge in [0.1, 0.15) is 5.02 Å². The number of halogens is 3. The van der Waals surface area contributed by atoms with Gasteiger partial charge in [0.2, 0.25) is 0 Å².